The van der Waals surface area contributed by atoms with Gasteiger partial charge in [-0.25, -0.2) is 0 Å². The highest BCUT2D eigenvalue weighted by atomic mass is 32.2. The largest absolute Gasteiger partial charge is 0.324 e. The Balaban J connectivity index is 2.09. The van der Waals surface area contributed by atoms with Crippen molar-refractivity contribution in [2.45, 2.75) is 23.6 Å². The van der Waals surface area contributed by atoms with E-state index in [0.717, 1.165) is 29.4 Å². The molecule has 1 amide bonds. The Morgan fingerprint density at radius 1 is 1.53 bits per heavy atom. The first kappa shape index (κ1) is 12.8. The highest BCUT2D eigenvalue weighted by Crippen LogP contribution is 2.35. The van der Waals surface area contributed by atoms with Crippen LogP contribution in [-0.2, 0) is 11.3 Å². The van der Waals surface area contributed by atoms with Crippen molar-refractivity contribution in [3.63, 3.8) is 0 Å². The average Bonchev–Trinajstić information content (AvgIpc) is 2.31. The van der Waals surface area contributed by atoms with Crippen LogP contribution in [0, 0.1) is 0 Å². The fourth-order valence-electron chi connectivity index (χ4n) is 1.68. The van der Waals surface area contributed by atoms with E-state index in [1.165, 1.54) is 5.56 Å². The zero-order valence-corrected chi connectivity index (χ0v) is 11.4. The Labute approximate surface area is 111 Å². The van der Waals surface area contributed by atoms with Crippen molar-refractivity contribution in [3.8, 4) is 0 Å². The van der Waals surface area contributed by atoms with Crippen LogP contribution in [-0.4, -0.2) is 23.5 Å². The maximum Gasteiger partial charge on any atom is 0.237 e. The first-order valence-corrected chi connectivity index (χ1v) is 7.14. The summed E-state index contributed by atoms with van der Waals surface area (Å²) in [6.07, 6.45) is 0. The molecule has 1 aliphatic rings. The summed E-state index contributed by atoms with van der Waals surface area (Å²) in [6.45, 7) is 3.62. The van der Waals surface area contributed by atoms with Crippen LogP contribution in [0.3, 0.4) is 0 Å². The van der Waals surface area contributed by atoms with Gasteiger partial charge in [0.15, 0.2) is 0 Å². The minimum Gasteiger partial charge on any atom is -0.324 e. The standard InChI is InChI=1S/C12H16N2OS2/c1-8-12(15)14-10-6-9(7-13-4-5-16)2-3-11(10)17-8/h2-3,6,8,13,16H,4-5,7H2,1H3,(H,14,15). The fourth-order valence-corrected chi connectivity index (χ4v) is 2.77. The molecule has 0 radical (unpaired) electrons. The van der Waals surface area contributed by atoms with E-state index in [2.05, 4.69) is 35.4 Å². The Morgan fingerprint density at radius 3 is 3.12 bits per heavy atom. The second-order valence-electron chi connectivity index (χ2n) is 3.98. The van der Waals surface area contributed by atoms with Crippen molar-refractivity contribution < 1.29 is 4.79 Å². The van der Waals surface area contributed by atoms with Crippen molar-refractivity contribution in [1.82, 2.24) is 5.32 Å². The molecule has 0 saturated heterocycles. The molecule has 1 aromatic rings. The molecule has 0 aromatic heterocycles. The summed E-state index contributed by atoms with van der Waals surface area (Å²) in [4.78, 5) is 12.7. The lowest BCUT2D eigenvalue weighted by molar-refractivity contribution is -0.115. The number of hydrogen-bond donors (Lipinski definition) is 3. The molecule has 0 bridgehead atoms. The summed E-state index contributed by atoms with van der Waals surface area (Å²) in [5.41, 5.74) is 2.12. The number of thioether (sulfide) groups is 1. The van der Waals surface area contributed by atoms with Gasteiger partial charge in [-0.05, 0) is 24.6 Å². The fraction of sp³-hybridized carbons (Fsp3) is 0.417. The van der Waals surface area contributed by atoms with Gasteiger partial charge in [0, 0.05) is 23.7 Å². The van der Waals surface area contributed by atoms with E-state index in [-0.39, 0.29) is 11.2 Å². The van der Waals surface area contributed by atoms with Crippen LogP contribution in [0.2, 0.25) is 0 Å². The highest BCUT2D eigenvalue weighted by molar-refractivity contribution is 8.00. The molecule has 0 spiro atoms. The van der Waals surface area contributed by atoms with E-state index in [1.807, 2.05) is 13.0 Å². The number of benzene rings is 1. The molecule has 1 aromatic carbocycles. The molecule has 0 saturated carbocycles. The molecule has 1 aliphatic heterocycles. The molecule has 1 heterocycles. The van der Waals surface area contributed by atoms with Gasteiger partial charge >= 0.3 is 0 Å². The first-order valence-electron chi connectivity index (χ1n) is 5.62. The van der Waals surface area contributed by atoms with Crippen molar-refractivity contribution in [2.75, 3.05) is 17.6 Å². The van der Waals surface area contributed by atoms with Gasteiger partial charge in [0.1, 0.15) is 0 Å². The number of nitrogens with one attached hydrogen (secondary N) is 2. The molecule has 1 unspecified atom stereocenters. The predicted octanol–water partition coefficient (Wildman–Crippen LogP) is 2.14. The minimum absolute atomic E-state index is 0.00402. The summed E-state index contributed by atoms with van der Waals surface area (Å²) in [6, 6.07) is 6.22. The molecule has 2 rings (SSSR count). The third-order valence-electron chi connectivity index (χ3n) is 2.59. The minimum atomic E-state index is -0.00402. The van der Waals surface area contributed by atoms with Crippen LogP contribution in [0.15, 0.2) is 23.1 Å². The number of amides is 1. The molecule has 92 valence electrons. The molecule has 3 nitrogen and oxygen atoms in total. The molecule has 2 N–H and O–H groups in total. The topological polar surface area (TPSA) is 41.1 Å². The Morgan fingerprint density at radius 2 is 2.35 bits per heavy atom. The summed E-state index contributed by atoms with van der Waals surface area (Å²) in [5, 5.41) is 6.22. The van der Waals surface area contributed by atoms with E-state index >= 15 is 0 Å². The number of fused-ring (bicyclic) bond motifs is 1. The zero-order chi connectivity index (χ0) is 12.3. The second kappa shape index (κ2) is 5.80. The van der Waals surface area contributed by atoms with Gasteiger partial charge < -0.3 is 10.6 Å². The van der Waals surface area contributed by atoms with Crippen molar-refractivity contribution in [1.29, 1.82) is 0 Å². The zero-order valence-electron chi connectivity index (χ0n) is 9.69. The quantitative estimate of drug-likeness (QED) is 0.579. The summed E-state index contributed by atoms with van der Waals surface area (Å²) in [5.74, 6) is 0.914. The van der Waals surface area contributed by atoms with Gasteiger partial charge in [0.25, 0.3) is 0 Å². The lowest BCUT2D eigenvalue weighted by Gasteiger charge is -2.21. The van der Waals surface area contributed by atoms with Crippen molar-refractivity contribution >= 4 is 36.0 Å². The average molecular weight is 268 g/mol. The first-order chi connectivity index (χ1) is 8.20. The summed E-state index contributed by atoms with van der Waals surface area (Å²) >= 11 is 5.76. The molecule has 0 aliphatic carbocycles. The third kappa shape index (κ3) is 3.18. The Hall–Kier alpha value is -0.650. The van der Waals surface area contributed by atoms with Crippen LogP contribution in [0.4, 0.5) is 5.69 Å². The number of carbonyl (C=O) groups excluding carboxylic acids is 1. The third-order valence-corrected chi connectivity index (χ3v) is 3.99. The molecule has 0 fully saturated rings. The van der Waals surface area contributed by atoms with Gasteiger partial charge in [0.05, 0.1) is 10.9 Å². The van der Waals surface area contributed by atoms with E-state index in [1.54, 1.807) is 11.8 Å². The maximum atomic E-state index is 11.6. The lowest BCUT2D eigenvalue weighted by Crippen LogP contribution is -2.26. The van der Waals surface area contributed by atoms with Crippen LogP contribution < -0.4 is 10.6 Å². The molecular formula is C12H16N2OS2. The molecule has 1 atom stereocenters. The van der Waals surface area contributed by atoms with E-state index < -0.39 is 0 Å². The Bertz CT molecular complexity index is 423. The van der Waals surface area contributed by atoms with Crippen LogP contribution in [0.5, 0.6) is 0 Å². The number of anilines is 1. The highest BCUT2D eigenvalue weighted by Gasteiger charge is 2.22. The number of thiol groups is 1. The number of rotatable bonds is 4. The summed E-state index contributed by atoms with van der Waals surface area (Å²) < 4.78 is 0. The smallest absolute Gasteiger partial charge is 0.237 e. The van der Waals surface area contributed by atoms with E-state index in [4.69, 9.17) is 0 Å². The van der Waals surface area contributed by atoms with Gasteiger partial charge in [-0.2, -0.15) is 12.6 Å². The van der Waals surface area contributed by atoms with Crippen LogP contribution in [0.1, 0.15) is 12.5 Å². The van der Waals surface area contributed by atoms with Gasteiger partial charge in [0.2, 0.25) is 5.91 Å². The van der Waals surface area contributed by atoms with E-state index in [0.29, 0.717) is 0 Å². The molecule has 17 heavy (non-hydrogen) atoms. The lowest BCUT2D eigenvalue weighted by atomic mass is 10.2. The maximum absolute atomic E-state index is 11.6. The van der Waals surface area contributed by atoms with Crippen LogP contribution >= 0.6 is 24.4 Å². The Kier molecular flexibility index (Phi) is 4.36. The van der Waals surface area contributed by atoms with E-state index in [9.17, 15) is 4.79 Å². The number of hydrogen-bond acceptors (Lipinski definition) is 4. The molecular weight excluding hydrogens is 252 g/mol. The van der Waals surface area contributed by atoms with Gasteiger partial charge in [-0.1, -0.05) is 6.07 Å². The number of carbonyl (C=O) groups is 1. The molecule has 5 heteroatoms. The monoisotopic (exact) mass is 268 g/mol. The normalized spacial score (nSPS) is 18.7. The van der Waals surface area contributed by atoms with Crippen molar-refractivity contribution in [2.24, 2.45) is 0 Å². The summed E-state index contributed by atoms with van der Waals surface area (Å²) in [7, 11) is 0. The van der Waals surface area contributed by atoms with Gasteiger partial charge in [-0.15, -0.1) is 11.8 Å². The second-order valence-corrected chi connectivity index (χ2v) is 5.81. The SMILES string of the molecule is CC1Sc2ccc(CNCCS)cc2NC1=O. The van der Waals surface area contributed by atoms with Crippen molar-refractivity contribution in [3.05, 3.63) is 23.8 Å². The van der Waals surface area contributed by atoms with Crippen LogP contribution in [0.25, 0.3) is 0 Å². The van der Waals surface area contributed by atoms with Gasteiger partial charge in [-0.3, -0.25) is 4.79 Å². The predicted molar refractivity (Wildman–Crippen MR) is 76.0 cm³/mol.